The van der Waals surface area contributed by atoms with Gasteiger partial charge in [0, 0.05) is 15.7 Å². The minimum absolute atomic E-state index is 0.0675. The van der Waals surface area contributed by atoms with Crippen LogP contribution in [0.4, 0.5) is 11.4 Å². The molecule has 0 saturated heterocycles. The SMILES string of the molecule is NC(=O)c1ccc(NC(=O)c2ccccc2NS(=O)(=O)c2ccc(Br)cc2)cc1. The Hall–Kier alpha value is -3.17. The molecule has 148 valence electrons. The monoisotopic (exact) mass is 473 g/mol. The van der Waals surface area contributed by atoms with E-state index in [9.17, 15) is 18.0 Å². The van der Waals surface area contributed by atoms with Gasteiger partial charge >= 0.3 is 0 Å². The number of hydrogen-bond donors (Lipinski definition) is 3. The molecule has 0 fully saturated rings. The van der Waals surface area contributed by atoms with Crippen molar-refractivity contribution in [3.05, 3.63) is 88.4 Å². The van der Waals surface area contributed by atoms with E-state index in [2.05, 4.69) is 26.0 Å². The lowest BCUT2D eigenvalue weighted by Gasteiger charge is -2.13. The van der Waals surface area contributed by atoms with Gasteiger partial charge in [0.2, 0.25) is 5.91 Å². The number of rotatable bonds is 6. The number of halogens is 1. The van der Waals surface area contributed by atoms with Gasteiger partial charge in [-0.1, -0.05) is 28.1 Å². The highest BCUT2D eigenvalue weighted by atomic mass is 79.9. The minimum Gasteiger partial charge on any atom is -0.366 e. The highest BCUT2D eigenvalue weighted by Crippen LogP contribution is 2.22. The lowest BCUT2D eigenvalue weighted by molar-refractivity contribution is 0.0998. The summed E-state index contributed by atoms with van der Waals surface area (Å²) in [6.45, 7) is 0. The summed E-state index contributed by atoms with van der Waals surface area (Å²) < 4.78 is 28.5. The molecular formula is C20H16BrN3O4S. The quantitative estimate of drug-likeness (QED) is 0.506. The van der Waals surface area contributed by atoms with Crippen LogP contribution >= 0.6 is 15.9 Å². The number of amides is 2. The number of anilines is 2. The summed E-state index contributed by atoms with van der Waals surface area (Å²) in [5.41, 5.74) is 6.23. The fourth-order valence-electron chi connectivity index (χ4n) is 2.50. The molecular weight excluding hydrogens is 458 g/mol. The van der Waals surface area contributed by atoms with Crippen molar-refractivity contribution in [3.63, 3.8) is 0 Å². The summed E-state index contributed by atoms with van der Waals surface area (Å²) >= 11 is 3.26. The molecule has 9 heteroatoms. The molecule has 3 aromatic rings. The first-order valence-electron chi connectivity index (χ1n) is 8.35. The van der Waals surface area contributed by atoms with E-state index in [-0.39, 0.29) is 16.1 Å². The summed E-state index contributed by atoms with van der Waals surface area (Å²) in [5.74, 6) is -1.08. The summed E-state index contributed by atoms with van der Waals surface area (Å²) in [5, 5.41) is 2.67. The van der Waals surface area contributed by atoms with Crippen LogP contribution in [0.25, 0.3) is 0 Å². The van der Waals surface area contributed by atoms with Crippen LogP contribution in [0.3, 0.4) is 0 Å². The van der Waals surface area contributed by atoms with Gasteiger partial charge in [-0.3, -0.25) is 14.3 Å². The van der Waals surface area contributed by atoms with Crippen LogP contribution in [0.5, 0.6) is 0 Å². The van der Waals surface area contributed by atoms with E-state index in [1.165, 1.54) is 48.5 Å². The van der Waals surface area contributed by atoms with Crippen molar-refractivity contribution in [1.29, 1.82) is 0 Å². The van der Waals surface area contributed by atoms with Gasteiger partial charge in [-0.2, -0.15) is 0 Å². The Morgan fingerprint density at radius 3 is 2.10 bits per heavy atom. The van der Waals surface area contributed by atoms with Crippen LogP contribution in [-0.4, -0.2) is 20.2 Å². The third-order valence-electron chi connectivity index (χ3n) is 3.97. The van der Waals surface area contributed by atoms with Gasteiger partial charge < -0.3 is 11.1 Å². The lowest BCUT2D eigenvalue weighted by atomic mass is 10.1. The molecule has 0 unspecified atom stereocenters. The number of carbonyl (C=O) groups excluding carboxylic acids is 2. The zero-order valence-electron chi connectivity index (χ0n) is 14.9. The summed E-state index contributed by atoms with van der Waals surface area (Å²) in [7, 11) is -3.88. The fraction of sp³-hybridized carbons (Fsp3) is 0. The van der Waals surface area contributed by atoms with E-state index in [0.29, 0.717) is 11.3 Å². The maximum absolute atomic E-state index is 12.7. The third kappa shape index (κ3) is 5.01. The molecule has 2 amide bonds. The van der Waals surface area contributed by atoms with E-state index in [1.54, 1.807) is 24.3 Å². The number of para-hydroxylation sites is 1. The maximum Gasteiger partial charge on any atom is 0.261 e. The predicted molar refractivity (Wildman–Crippen MR) is 114 cm³/mol. The Balaban J connectivity index is 1.83. The lowest BCUT2D eigenvalue weighted by Crippen LogP contribution is -2.18. The molecule has 0 saturated carbocycles. The maximum atomic E-state index is 12.7. The van der Waals surface area contributed by atoms with Gasteiger partial charge in [-0.25, -0.2) is 8.42 Å². The highest BCUT2D eigenvalue weighted by molar-refractivity contribution is 9.10. The Bertz CT molecular complexity index is 1160. The first-order chi connectivity index (χ1) is 13.8. The molecule has 3 rings (SSSR count). The number of benzene rings is 3. The number of primary amides is 1. The van der Waals surface area contributed by atoms with Crippen molar-refractivity contribution >= 4 is 49.1 Å². The number of nitrogens with two attached hydrogens (primary N) is 1. The molecule has 0 bridgehead atoms. The average molecular weight is 474 g/mol. The number of sulfonamides is 1. The van der Waals surface area contributed by atoms with Gasteiger partial charge in [-0.05, 0) is 60.7 Å². The zero-order chi connectivity index (χ0) is 21.0. The van der Waals surface area contributed by atoms with Crippen molar-refractivity contribution < 1.29 is 18.0 Å². The van der Waals surface area contributed by atoms with Gasteiger partial charge in [0.05, 0.1) is 16.1 Å². The Morgan fingerprint density at radius 2 is 1.48 bits per heavy atom. The topological polar surface area (TPSA) is 118 Å². The van der Waals surface area contributed by atoms with Crippen LogP contribution < -0.4 is 15.8 Å². The number of nitrogens with one attached hydrogen (secondary N) is 2. The van der Waals surface area contributed by atoms with E-state index in [0.717, 1.165) is 4.47 Å². The van der Waals surface area contributed by atoms with Crippen LogP contribution in [0.1, 0.15) is 20.7 Å². The summed E-state index contributed by atoms with van der Waals surface area (Å²) in [6, 6.07) is 18.4. The Kier molecular flexibility index (Phi) is 6.00. The number of hydrogen-bond acceptors (Lipinski definition) is 4. The molecule has 0 heterocycles. The second-order valence-electron chi connectivity index (χ2n) is 6.00. The van der Waals surface area contributed by atoms with E-state index >= 15 is 0 Å². The van der Waals surface area contributed by atoms with Crippen molar-refractivity contribution in [3.8, 4) is 0 Å². The predicted octanol–water partition coefficient (Wildman–Crippen LogP) is 3.60. The van der Waals surface area contributed by atoms with Crippen LogP contribution in [0.15, 0.2) is 82.2 Å². The van der Waals surface area contributed by atoms with Gasteiger partial charge in [0.25, 0.3) is 15.9 Å². The molecule has 0 spiro atoms. The van der Waals surface area contributed by atoms with Crippen LogP contribution in [0, 0.1) is 0 Å². The molecule has 4 N–H and O–H groups in total. The third-order valence-corrected chi connectivity index (χ3v) is 5.88. The molecule has 7 nitrogen and oxygen atoms in total. The van der Waals surface area contributed by atoms with Crippen LogP contribution in [-0.2, 0) is 10.0 Å². The first-order valence-corrected chi connectivity index (χ1v) is 10.6. The van der Waals surface area contributed by atoms with E-state index < -0.39 is 21.8 Å². The molecule has 0 atom stereocenters. The fourth-order valence-corrected chi connectivity index (χ4v) is 3.85. The molecule has 0 aliphatic rings. The van der Waals surface area contributed by atoms with Gasteiger partial charge in [-0.15, -0.1) is 0 Å². The Labute approximate surface area is 176 Å². The molecule has 0 aliphatic heterocycles. The van der Waals surface area contributed by atoms with Crippen molar-refractivity contribution in [1.82, 2.24) is 0 Å². The van der Waals surface area contributed by atoms with Crippen molar-refractivity contribution in [2.75, 3.05) is 10.0 Å². The van der Waals surface area contributed by atoms with Crippen molar-refractivity contribution in [2.45, 2.75) is 4.90 Å². The molecule has 0 radical (unpaired) electrons. The molecule has 29 heavy (non-hydrogen) atoms. The average Bonchev–Trinajstić information content (AvgIpc) is 2.69. The molecule has 0 aliphatic carbocycles. The highest BCUT2D eigenvalue weighted by Gasteiger charge is 2.18. The smallest absolute Gasteiger partial charge is 0.261 e. The summed E-state index contributed by atoms with van der Waals surface area (Å²) in [6.07, 6.45) is 0. The first kappa shape index (κ1) is 20.6. The largest absolute Gasteiger partial charge is 0.366 e. The second kappa shape index (κ2) is 8.46. The minimum atomic E-state index is -3.88. The number of carbonyl (C=O) groups is 2. The Morgan fingerprint density at radius 1 is 0.862 bits per heavy atom. The molecule has 3 aromatic carbocycles. The van der Waals surface area contributed by atoms with Crippen LogP contribution in [0.2, 0.25) is 0 Å². The zero-order valence-corrected chi connectivity index (χ0v) is 17.3. The van der Waals surface area contributed by atoms with Gasteiger partial charge in [0.1, 0.15) is 0 Å². The second-order valence-corrected chi connectivity index (χ2v) is 8.60. The molecule has 0 aromatic heterocycles. The van der Waals surface area contributed by atoms with Crippen molar-refractivity contribution in [2.24, 2.45) is 5.73 Å². The summed E-state index contributed by atoms with van der Waals surface area (Å²) in [4.78, 5) is 23.9. The van der Waals surface area contributed by atoms with E-state index in [1.807, 2.05) is 0 Å². The standard InChI is InChI=1S/C20H16BrN3O4S/c21-14-7-11-16(12-8-14)29(27,28)24-18-4-2-1-3-17(18)20(26)23-15-9-5-13(6-10-15)19(22)25/h1-12,24H,(H2,22,25)(H,23,26). The van der Waals surface area contributed by atoms with E-state index in [4.69, 9.17) is 5.73 Å². The van der Waals surface area contributed by atoms with Gasteiger partial charge in [0.15, 0.2) is 0 Å². The normalized spacial score (nSPS) is 10.9.